The quantitative estimate of drug-likeness (QED) is 0.752. The second-order valence-electron chi connectivity index (χ2n) is 4.31. The molecule has 2 heteroatoms. The zero-order valence-corrected chi connectivity index (χ0v) is 9.10. The van der Waals surface area contributed by atoms with Crippen molar-refractivity contribution in [2.24, 2.45) is 5.92 Å². The van der Waals surface area contributed by atoms with E-state index in [0.29, 0.717) is 5.92 Å². The van der Waals surface area contributed by atoms with Gasteiger partial charge in [-0.25, -0.2) is 0 Å². The molecule has 78 valence electrons. The van der Waals surface area contributed by atoms with Gasteiger partial charge in [0.1, 0.15) is 5.75 Å². The highest BCUT2D eigenvalue weighted by Crippen LogP contribution is 2.46. The van der Waals surface area contributed by atoms with E-state index in [1.54, 1.807) is 0 Å². The van der Waals surface area contributed by atoms with Crippen LogP contribution in [-0.4, -0.2) is 6.10 Å². The lowest BCUT2D eigenvalue weighted by Gasteiger charge is -2.09. The van der Waals surface area contributed by atoms with E-state index in [1.165, 1.54) is 5.56 Å². The molecule has 2 atom stereocenters. The van der Waals surface area contributed by atoms with Crippen molar-refractivity contribution in [3.05, 3.63) is 29.8 Å². The van der Waals surface area contributed by atoms with Crippen molar-refractivity contribution in [2.45, 2.75) is 32.3 Å². The van der Waals surface area contributed by atoms with E-state index in [2.05, 4.69) is 18.2 Å². The molecule has 0 aromatic heterocycles. The van der Waals surface area contributed by atoms with E-state index in [9.17, 15) is 0 Å². The SMILES string of the molecule is CC(C)Oc1ccc(C2CC2C#N)cc1. The highest BCUT2D eigenvalue weighted by Gasteiger charge is 2.38. The minimum atomic E-state index is 0.212. The molecule has 0 N–H and O–H groups in total. The lowest BCUT2D eigenvalue weighted by Crippen LogP contribution is -2.05. The molecule has 1 saturated carbocycles. The zero-order chi connectivity index (χ0) is 10.8. The first-order chi connectivity index (χ1) is 7.20. The summed E-state index contributed by atoms with van der Waals surface area (Å²) < 4.78 is 5.56. The van der Waals surface area contributed by atoms with E-state index in [4.69, 9.17) is 10.00 Å². The largest absolute Gasteiger partial charge is 0.491 e. The van der Waals surface area contributed by atoms with Crippen LogP contribution in [0.5, 0.6) is 5.75 Å². The monoisotopic (exact) mass is 201 g/mol. The van der Waals surface area contributed by atoms with E-state index < -0.39 is 0 Å². The Hall–Kier alpha value is -1.49. The fourth-order valence-corrected chi connectivity index (χ4v) is 1.77. The number of nitriles is 1. The maximum Gasteiger partial charge on any atom is 0.119 e. The van der Waals surface area contributed by atoms with Crippen molar-refractivity contribution in [1.29, 1.82) is 5.26 Å². The van der Waals surface area contributed by atoms with Crippen LogP contribution in [0.15, 0.2) is 24.3 Å². The predicted molar refractivity (Wildman–Crippen MR) is 58.7 cm³/mol. The molecule has 1 fully saturated rings. The van der Waals surface area contributed by atoms with Gasteiger partial charge in [-0.3, -0.25) is 0 Å². The Kier molecular flexibility index (Phi) is 2.64. The Morgan fingerprint density at radius 3 is 2.47 bits per heavy atom. The van der Waals surface area contributed by atoms with Crippen molar-refractivity contribution in [3.8, 4) is 11.8 Å². The summed E-state index contributed by atoms with van der Waals surface area (Å²) in [5.41, 5.74) is 1.26. The zero-order valence-electron chi connectivity index (χ0n) is 9.10. The van der Waals surface area contributed by atoms with Crippen LogP contribution in [0.4, 0.5) is 0 Å². The van der Waals surface area contributed by atoms with E-state index in [1.807, 2.05) is 26.0 Å². The fourth-order valence-electron chi connectivity index (χ4n) is 1.77. The van der Waals surface area contributed by atoms with Gasteiger partial charge < -0.3 is 4.74 Å². The van der Waals surface area contributed by atoms with Gasteiger partial charge in [0.15, 0.2) is 0 Å². The van der Waals surface area contributed by atoms with Gasteiger partial charge in [-0.1, -0.05) is 12.1 Å². The Morgan fingerprint density at radius 2 is 2.00 bits per heavy atom. The number of hydrogen-bond acceptors (Lipinski definition) is 2. The summed E-state index contributed by atoms with van der Waals surface area (Å²) in [4.78, 5) is 0. The van der Waals surface area contributed by atoms with Crippen molar-refractivity contribution in [1.82, 2.24) is 0 Å². The molecule has 2 unspecified atom stereocenters. The second-order valence-corrected chi connectivity index (χ2v) is 4.31. The first-order valence-electron chi connectivity index (χ1n) is 5.37. The maximum atomic E-state index is 8.74. The molecule has 0 radical (unpaired) electrons. The summed E-state index contributed by atoms with van der Waals surface area (Å²) in [5, 5.41) is 8.74. The van der Waals surface area contributed by atoms with Crippen LogP contribution >= 0.6 is 0 Å². The third kappa shape index (κ3) is 2.30. The van der Waals surface area contributed by atoms with Crippen LogP contribution in [0, 0.1) is 17.2 Å². The molecule has 1 aromatic carbocycles. The Balaban J connectivity index is 2.02. The highest BCUT2D eigenvalue weighted by molar-refractivity contribution is 5.34. The standard InChI is InChI=1S/C13H15NO/c1-9(2)15-12-5-3-10(4-6-12)13-7-11(13)8-14/h3-6,9,11,13H,7H2,1-2H3. The van der Waals surface area contributed by atoms with Gasteiger partial charge in [0.25, 0.3) is 0 Å². The molecule has 2 nitrogen and oxygen atoms in total. The minimum Gasteiger partial charge on any atom is -0.491 e. The van der Waals surface area contributed by atoms with E-state index >= 15 is 0 Å². The average molecular weight is 201 g/mol. The Bertz CT molecular complexity index is 375. The number of nitrogens with zero attached hydrogens (tertiary/aromatic N) is 1. The number of ether oxygens (including phenoxy) is 1. The summed E-state index contributed by atoms with van der Waals surface area (Å²) in [6.07, 6.45) is 1.23. The Labute approximate surface area is 90.5 Å². The van der Waals surface area contributed by atoms with Crippen molar-refractivity contribution < 1.29 is 4.74 Å². The van der Waals surface area contributed by atoms with Crippen LogP contribution < -0.4 is 4.74 Å². The van der Waals surface area contributed by atoms with Crippen LogP contribution in [-0.2, 0) is 0 Å². The molecule has 0 aliphatic heterocycles. The molecule has 1 aliphatic rings. The molecule has 0 heterocycles. The summed E-state index contributed by atoms with van der Waals surface area (Å²) in [5.74, 6) is 1.60. The Morgan fingerprint density at radius 1 is 1.33 bits per heavy atom. The molecule has 1 aliphatic carbocycles. The second kappa shape index (κ2) is 3.94. The first kappa shape index (κ1) is 10.0. The van der Waals surface area contributed by atoms with Crippen molar-refractivity contribution >= 4 is 0 Å². The molecule has 0 amide bonds. The van der Waals surface area contributed by atoms with Gasteiger partial charge in [0, 0.05) is 5.92 Å². The predicted octanol–water partition coefficient (Wildman–Crippen LogP) is 3.10. The lowest BCUT2D eigenvalue weighted by molar-refractivity contribution is 0.242. The molecule has 1 aromatic rings. The molecule has 0 saturated heterocycles. The van der Waals surface area contributed by atoms with Crippen LogP contribution in [0.25, 0.3) is 0 Å². The number of hydrogen-bond donors (Lipinski definition) is 0. The van der Waals surface area contributed by atoms with E-state index in [-0.39, 0.29) is 12.0 Å². The lowest BCUT2D eigenvalue weighted by atomic mass is 10.1. The minimum absolute atomic E-state index is 0.212. The van der Waals surface area contributed by atoms with E-state index in [0.717, 1.165) is 12.2 Å². The molecule has 15 heavy (non-hydrogen) atoms. The van der Waals surface area contributed by atoms with Gasteiger partial charge in [0.05, 0.1) is 18.1 Å². The molecular weight excluding hydrogens is 186 g/mol. The molecule has 0 spiro atoms. The highest BCUT2D eigenvalue weighted by atomic mass is 16.5. The van der Waals surface area contributed by atoms with Crippen LogP contribution in [0.1, 0.15) is 31.7 Å². The van der Waals surface area contributed by atoms with Crippen LogP contribution in [0.3, 0.4) is 0 Å². The van der Waals surface area contributed by atoms with Crippen molar-refractivity contribution in [3.63, 3.8) is 0 Å². The van der Waals surface area contributed by atoms with Gasteiger partial charge in [-0.2, -0.15) is 5.26 Å². The van der Waals surface area contributed by atoms with Gasteiger partial charge in [0.2, 0.25) is 0 Å². The summed E-state index contributed by atoms with van der Waals surface area (Å²) in [7, 11) is 0. The van der Waals surface area contributed by atoms with Crippen molar-refractivity contribution in [2.75, 3.05) is 0 Å². The third-order valence-electron chi connectivity index (χ3n) is 2.64. The fraction of sp³-hybridized carbons (Fsp3) is 0.462. The third-order valence-corrected chi connectivity index (χ3v) is 2.64. The number of rotatable bonds is 3. The van der Waals surface area contributed by atoms with Gasteiger partial charge in [-0.15, -0.1) is 0 Å². The average Bonchev–Trinajstić information content (AvgIpc) is 2.97. The van der Waals surface area contributed by atoms with Crippen LogP contribution in [0.2, 0.25) is 0 Å². The molecular formula is C13H15NO. The smallest absolute Gasteiger partial charge is 0.119 e. The first-order valence-corrected chi connectivity index (χ1v) is 5.37. The normalized spacial score (nSPS) is 23.6. The topological polar surface area (TPSA) is 33.0 Å². The maximum absolute atomic E-state index is 8.74. The summed E-state index contributed by atoms with van der Waals surface area (Å²) >= 11 is 0. The number of benzene rings is 1. The molecule has 0 bridgehead atoms. The summed E-state index contributed by atoms with van der Waals surface area (Å²) in [6, 6.07) is 10.4. The summed E-state index contributed by atoms with van der Waals surface area (Å²) in [6.45, 7) is 4.03. The van der Waals surface area contributed by atoms with Gasteiger partial charge >= 0.3 is 0 Å². The van der Waals surface area contributed by atoms with Gasteiger partial charge in [-0.05, 0) is 38.0 Å². The molecule has 2 rings (SSSR count).